The van der Waals surface area contributed by atoms with Crippen LogP contribution in [-0.2, 0) is 14.8 Å². The molecule has 0 saturated carbocycles. The van der Waals surface area contributed by atoms with Crippen molar-refractivity contribution < 1.29 is 17.9 Å². The Morgan fingerprint density at radius 2 is 1.63 bits per heavy atom. The molecule has 0 fully saturated rings. The van der Waals surface area contributed by atoms with Gasteiger partial charge in [0, 0.05) is 13.1 Å². The maximum atomic E-state index is 12.4. The van der Waals surface area contributed by atoms with Crippen molar-refractivity contribution in [2.24, 2.45) is 0 Å². The summed E-state index contributed by atoms with van der Waals surface area (Å²) in [6.07, 6.45) is 0. The van der Waals surface area contributed by atoms with E-state index in [1.165, 1.54) is 0 Å². The van der Waals surface area contributed by atoms with E-state index in [0.717, 1.165) is 16.7 Å². The molecule has 6 nitrogen and oxygen atoms in total. The highest BCUT2D eigenvalue weighted by molar-refractivity contribution is 7.89. The predicted octanol–water partition coefficient (Wildman–Crippen LogP) is 2.39. The number of rotatable bonds is 8. The Morgan fingerprint density at radius 3 is 2.33 bits per heavy atom. The van der Waals surface area contributed by atoms with Crippen molar-refractivity contribution in [1.82, 2.24) is 10.0 Å². The van der Waals surface area contributed by atoms with Gasteiger partial charge in [-0.05, 0) is 68.1 Å². The first-order valence-corrected chi connectivity index (χ1v) is 10.2. The van der Waals surface area contributed by atoms with E-state index in [1.807, 2.05) is 45.0 Å². The second-order valence-corrected chi connectivity index (χ2v) is 8.29. The van der Waals surface area contributed by atoms with Crippen LogP contribution in [0.2, 0.25) is 0 Å². The van der Waals surface area contributed by atoms with Crippen LogP contribution in [0.25, 0.3) is 0 Å². The number of nitrogens with one attached hydrogen (secondary N) is 2. The fraction of sp³-hybridized carbons (Fsp3) is 0.350. The van der Waals surface area contributed by atoms with E-state index in [-0.39, 0.29) is 30.5 Å². The summed E-state index contributed by atoms with van der Waals surface area (Å²) < 4.78 is 32.7. The van der Waals surface area contributed by atoms with Gasteiger partial charge < -0.3 is 10.1 Å². The number of aryl methyl sites for hydroxylation is 4. The topological polar surface area (TPSA) is 84.5 Å². The molecule has 7 heteroatoms. The average molecular weight is 391 g/mol. The minimum absolute atomic E-state index is 0.102. The fourth-order valence-electron chi connectivity index (χ4n) is 2.47. The van der Waals surface area contributed by atoms with Gasteiger partial charge in [0.05, 0.1) is 4.90 Å². The van der Waals surface area contributed by atoms with Crippen molar-refractivity contribution in [2.75, 3.05) is 19.7 Å². The third-order valence-electron chi connectivity index (χ3n) is 4.22. The van der Waals surface area contributed by atoms with Crippen LogP contribution in [0.1, 0.15) is 22.3 Å². The minimum Gasteiger partial charge on any atom is -0.484 e. The first-order valence-electron chi connectivity index (χ1n) is 8.73. The fourth-order valence-corrected chi connectivity index (χ4v) is 3.82. The smallest absolute Gasteiger partial charge is 0.257 e. The summed E-state index contributed by atoms with van der Waals surface area (Å²) in [6, 6.07) is 10.9. The van der Waals surface area contributed by atoms with Gasteiger partial charge in [-0.2, -0.15) is 0 Å². The van der Waals surface area contributed by atoms with Crippen LogP contribution in [0.4, 0.5) is 0 Å². The van der Waals surface area contributed by atoms with E-state index in [0.29, 0.717) is 11.3 Å². The molecule has 0 saturated heterocycles. The largest absolute Gasteiger partial charge is 0.484 e. The molecule has 0 unspecified atom stereocenters. The van der Waals surface area contributed by atoms with E-state index < -0.39 is 10.0 Å². The molecular weight excluding hydrogens is 364 g/mol. The van der Waals surface area contributed by atoms with Crippen LogP contribution in [0.5, 0.6) is 5.75 Å². The van der Waals surface area contributed by atoms with Gasteiger partial charge in [-0.25, -0.2) is 13.1 Å². The summed E-state index contributed by atoms with van der Waals surface area (Å²) >= 11 is 0. The number of carbonyl (C=O) groups excluding carboxylic acids is 1. The van der Waals surface area contributed by atoms with Crippen molar-refractivity contribution >= 4 is 15.9 Å². The number of hydrogen-bond acceptors (Lipinski definition) is 4. The van der Waals surface area contributed by atoms with E-state index >= 15 is 0 Å². The Morgan fingerprint density at radius 1 is 0.926 bits per heavy atom. The van der Waals surface area contributed by atoms with Crippen LogP contribution in [0.15, 0.2) is 41.3 Å². The molecule has 1 amide bonds. The number of benzene rings is 2. The highest BCUT2D eigenvalue weighted by Crippen LogP contribution is 2.17. The molecule has 146 valence electrons. The molecule has 27 heavy (non-hydrogen) atoms. The van der Waals surface area contributed by atoms with Gasteiger partial charge in [0.2, 0.25) is 10.0 Å². The average Bonchev–Trinajstić information content (AvgIpc) is 2.61. The second-order valence-electron chi connectivity index (χ2n) is 6.55. The van der Waals surface area contributed by atoms with Crippen LogP contribution in [-0.4, -0.2) is 34.0 Å². The number of ether oxygens (including phenoxy) is 1. The van der Waals surface area contributed by atoms with Crippen LogP contribution in [0.3, 0.4) is 0 Å². The predicted molar refractivity (Wildman–Crippen MR) is 106 cm³/mol. The third-order valence-corrected chi connectivity index (χ3v) is 5.82. The standard InChI is InChI=1S/C20H26N2O4S/c1-14-5-6-16(3)19(11-14)27(24,25)22-10-9-21-20(23)13-26-18-8-7-15(2)17(4)12-18/h5-8,11-12,22H,9-10,13H2,1-4H3,(H,21,23). The van der Waals surface area contributed by atoms with Crippen molar-refractivity contribution in [2.45, 2.75) is 32.6 Å². The Bertz CT molecular complexity index is 924. The Labute approximate surface area is 161 Å². The number of carbonyl (C=O) groups is 1. The lowest BCUT2D eigenvalue weighted by Crippen LogP contribution is -2.37. The molecule has 2 aromatic carbocycles. The molecule has 0 aliphatic rings. The SMILES string of the molecule is Cc1ccc(C)c(S(=O)(=O)NCCNC(=O)COc2ccc(C)c(C)c2)c1. The summed E-state index contributed by atoms with van der Waals surface area (Å²) in [5.74, 6) is 0.322. The quantitative estimate of drug-likeness (QED) is 0.678. The minimum atomic E-state index is -3.61. The molecule has 0 aliphatic carbocycles. The second kappa shape index (κ2) is 9.01. The van der Waals surface area contributed by atoms with Crippen LogP contribution in [0, 0.1) is 27.7 Å². The van der Waals surface area contributed by atoms with Crippen molar-refractivity contribution in [1.29, 1.82) is 0 Å². The lowest BCUT2D eigenvalue weighted by molar-refractivity contribution is -0.123. The van der Waals surface area contributed by atoms with Gasteiger partial charge in [-0.15, -0.1) is 0 Å². The molecule has 2 aromatic rings. The molecule has 0 atom stereocenters. The van der Waals surface area contributed by atoms with E-state index in [2.05, 4.69) is 10.0 Å². The highest BCUT2D eigenvalue weighted by Gasteiger charge is 2.16. The zero-order valence-corrected chi connectivity index (χ0v) is 16.9. The van der Waals surface area contributed by atoms with Gasteiger partial charge in [0.25, 0.3) is 5.91 Å². The molecule has 0 aromatic heterocycles. The lowest BCUT2D eigenvalue weighted by atomic mass is 10.1. The number of amides is 1. The van der Waals surface area contributed by atoms with Gasteiger partial charge >= 0.3 is 0 Å². The summed E-state index contributed by atoms with van der Waals surface area (Å²) in [7, 11) is -3.61. The number of sulfonamides is 1. The molecule has 0 radical (unpaired) electrons. The van der Waals surface area contributed by atoms with Gasteiger partial charge in [0.1, 0.15) is 5.75 Å². The third kappa shape index (κ3) is 6.08. The molecule has 0 heterocycles. The monoisotopic (exact) mass is 390 g/mol. The molecule has 2 rings (SSSR count). The maximum Gasteiger partial charge on any atom is 0.257 e. The lowest BCUT2D eigenvalue weighted by Gasteiger charge is -2.11. The Hall–Kier alpha value is -2.38. The highest BCUT2D eigenvalue weighted by atomic mass is 32.2. The normalized spacial score (nSPS) is 11.3. The molecule has 2 N–H and O–H groups in total. The summed E-state index contributed by atoms with van der Waals surface area (Å²) in [4.78, 5) is 12.1. The molecule has 0 spiro atoms. The summed E-state index contributed by atoms with van der Waals surface area (Å²) in [6.45, 7) is 7.74. The first kappa shape index (κ1) is 20.9. The maximum absolute atomic E-state index is 12.4. The van der Waals surface area contributed by atoms with Crippen LogP contribution < -0.4 is 14.8 Å². The van der Waals surface area contributed by atoms with Crippen LogP contribution >= 0.6 is 0 Å². The Kier molecular flexibility index (Phi) is 6.98. The zero-order valence-electron chi connectivity index (χ0n) is 16.1. The van der Waals surface area contributed by atoms with Gasteiger partial charge in [0.15, 0.2) is 6.61 Å². The molecule has 0 bridgehead atoms. The van der Waals surface area contributed by atoms with Crippen molar-refractivity contribution in [3.05, 3.63) is 58.7 Å². The zero-order chi connectivity index (χ0) is 20.0. The van der Waals surface area contributed by atoms with Gasteiger partial charge in [-0.1, -0.05) is 18.2 Å². The van der Waals surface area contributed by atoms with Crippen molar-refractivity contribution in [3.8, 4) is 5.75 Å². The van der Waals surface area contributed by atoms with E-state index in [4.69, 9.17) is 4.74 Å². The van der Waals surface area contributed by atoms with Gasteiger partial charge in [-0.3, -0.25) is 4.79 Å². The first-order chi connectivity index (χ1) is 12.7. The van der Waals surface area contributed by atoms with E-state index in [1.54, 1.807) is 19.1 Å². The molecule has 0 aliphatic heterocycles. The van der Waals surface area contributed by atoms with E-state index in [9.17, 15) is 13.2 Å². The van der Waals surface area contributed by atoms with Crippen molar-refractivity contribution in [3.63, 3.8) is 0 Å². The molecular formula is C20H26N2O4S. The summed E-state index contributed by atoms with van der Waals surface area (Å²) in [5.41, 5.74) is 3.80. The Balaban J connectivity index is 1.77. The number of hydrogen-bond donors (Lipinski definition) is 2. The summed E-state index contributed by atoms with van der Waals surface area (Å²) in [5, 5.41) is 2.64.